The minimum absolute atomic E-state index is 0.0453. The van der Waals surface area contributed by atoms with Gasteiger partial charge in [-0.1, -0.05) is 256 Å². The number of aliphatic hydroxyl groups excluding tert-OH is 1. The highest BCUT2D eigenvalue weighted by Crippen LogP contribution is 2.43. The van der Waals surface area contributed by atoms with Gasteiger partial charge < -0.3 is 19.8 Å². The van der Waals surface area contributed by atoms with E-state index in [-0.39, 0.29) is 19.1 Å². The average Bonchev–Trinajstić information content (AvgIpc) is 3.39. The second-order valence-electron chi connectivity index (χ2n) is 21.3. The van der Waals surface area contributed by atoms with E-state index in [1.165, 1.54) is 77.0 Å². The van der Waals surface area contributed by atoms with Gasteiger partial charge in [0.1, 0.15) is 13.2 Å². The van der Waals surface area contributed by atoms with E-state index in [0.29, 0.717) is 17.4 Å². The second kappa shape index (κ2) is 57.1. The topological polar surface area (TPSA) is 105 Å². The molecule has 0 aliphatic carbocycles. The molecule has 0 spiro atoms. The first-order valence-electron chi connectivity index (χ1n) is 30.7. The third kappa shape index (κ3) is 59.9. The van der Waals surface area contributed by atoms with Crippen LogP contribution in [0.15, 0.2) is 146 Å². The largest absolute Gasteiger partial charge is 0.472 e. The van der Waals surface area contributed by atoms with Gasteiger partial charge in [0, 0.05) is 6.42 Å². The number of aliphatic hydroxyl groups is 1. The van der Waals surface area contributed by atoms with E-state index in [1.807, 2.05) is 27.2 Å². The number of allylic oxidation sites excluding steroid dienone is 23. The Bertz CT molecular complexity index is 1760. The number of unbranched alkanes of at least 4 members (excludes halogenated alkanes) is 19. The number of rotatable bonds is 54. The highest BCUT2D eigenvalue weighted by Gasteiger charge is 2.27. The maximum Gasteiger partial charge on any atom is 0.472 e. The summed E-state index contributed by atoms with van der Waals surface area (Å²) in [5.41, 5.74) is 0. The highest BCUT2D eigenvalue weighted by atomic mass is 31.2. The van der Waals surface area contributed by atoms with E-state index >= 15 is 0 Å². The molecule has 9 heteroatoms. The van der Waals surface area contributed by atoms with Crippen molar-refractivity contribution in [3.8, 4) is 0 Å². The fraction of sp³-hybridized carbons (Fsp3) is 0.632. The van der Waals surface area contributed by atoms with Crippen LogP contribution in [0.5, 0.6) is 0 Å². The van der Waals surface area contributed by atoms with E-state index in [0.717, 1.165) is 128 Å². The third-order valence-corrected chi connectivity index (χ3v) is 13.8. The molecule has 3 unspecified atom stereocenters. The van der Waals surface area contributed by atoms with Crippen molar-refractivity contribution < 1.29 is 32.9 Å². The Morgan fingerprint density at radius 2 is 0.792 bits per heavy atom. The third-order valence-electron chi connectivity index (χ3n) is 12.8. The van der Waals surface area contributed by atoms with Gasteiger partial charge in [-0.2, -0.15) is 0 Å². The van der Waals surface area contributed by atoms with Gasteiger partial charge >= 0.3 is 7.82 Å². The van der Waals surface area contributed by atoms with E-state index in [4.69, 9.17) is 9.05 Å². The van der Waals surface area contributed by atoms with Gasteiger partial charge in [-0.25, -0.2) is 4.57 Å². The number of quaternary nitrogens is 1. The van der Waals surface area contributed by atoms with Crippen molar-refractivity contribution in [2.45, 2.75) is 238 Å². The Morgan fingerprint density at radius 3 is 1.19 bits per heavy atom. The monoisotopic (exact) mass is 1090 g/mol. The second-order valence-corrected chi connectivity index (χ2v) is 22.8. The summed E-state index contributed by atoms with van der Waals surface area (Å²) in [6.45, 7) is 4.66. The van der Waals surface area contributed by atoms with Crippen LogP contribution in [0.2, 0.25) is 0 Å². The molecule has 0 aromatic carbocycles. The Morgan fingerprint density at radius 1 is 0.455 bits per heavy atom. The number of nitrogens with one attached hydrogen (secondary N) is 1. The molecule has 0 fully saturated rings. The van der Waals surface area contributed by atoms with Crippen molar-refractivity contribution in [3.63, 3.8) is 0 Å². The van der Waals surface area contributed by atoms with E-state index in [9.17, 15) is 19.4 Å². The van der Waals surface area contributed by atoms with E-state index in [1.54, 1.807) is 6.08 Å². The molecule has 438 valence electrons. The van der Waals surface area contributed by atoms with Crippen LogP contribution in [0.25, 0.3) is 0 Å². The number of hydrogen-bond acceptors (Lipinski definition) is 5. The van der Waals surface area contributed by atoms with Crippen LogP contribution in [0, 0.1) is 0 Å². The number of phosphoric ester groups is 1. The maximum atomic E-state index is 13.0. The summed E-state index contributed by atoms with van der Waals surface area (Å²) in [7, 11) is 1.52. The molecule has 0 rings (SSSR count). The van der Waals surface area contributed by atoms with Gasteiger partial charge in [0.15, 0.2) is 0 Å². The van der Waals surface area contributed by atoms with E-state index < -0.39 is 20.0 Å². The fourth-order valence-corrected chi connectivity index (χ4v) is 8.76. The van der Waals surface area contributed by atoms with Crippen LogP contribution < -0.4 is 5.32 Å². The summed E-state index contributed by atoms with van der Waals surface area (Å²) in [5, 5.41) is 13.9. The lowest BCUT2D eigenvalue weighted by atomic mass is 10.0. The number of carbonyl (C=O) groups is 1. The van der Waals surface area contributed by atoms with E-state index in [2.05, 4.69) is 153 Å². The Balaban J connectivity index is 4.25. The lowest BCUT2D eigenvalue weighted by molar-refractivity contribution is -0.870. The van der Waals surface area contributed by atoms with Crippen LogP contribution >= 0.6 is 7.82 Å². The summed E-state index contributed by atoms with van der Waals surface area (Å²) in [6.07, 6.45) is 88.1. The number of likely N-dealkylation sites (N-methyl/N-ethyl adjacent to an activating group) is 1. The van der Waals surface area contributed by atoms with Crippen LogP contribution in [-0.4, -0.2) is 73.4 Å². The Kier molecular flexibility index (Phi) is 54.4. The molecular formula is C68H116N2O6P+. The molecule has 3 atom stereocenters. The highest BCUT2D eigenvalue weighted by molar-refractivity contribution is 7.47. The van der Waals surface area contributed by atoms with Crippen molar-refractivity contribution in [1.29, 1.82) is 0 Å². The number of phosphoric acid groups is 1. The van der Waals surface area contributed by atoms with Gasteiger partial charge in [0.05, 0.1) is 39.9 Å². The molecule has 1 amide bonds. The van der Waals surface area contributed by atoms with Crippen LogP contribution in [-0.2, 0) is 18.4 Å². The predicted octanol–water partition coefficient (Wildman–Crippen LogP) is 19.3. The molecule has 0 radical (unpaired) electrons. The molecule has 3 N–H and O–H groups in total. The molecule has 8 nitrogen and oxygen atoms in total. The predicted molar refractivity (Wildman–Crippen MR) is 336 cm³/mol. The molecule has 0 aliphatic heterocycles. The van der Waals surface area contributed by atoms with Gasteiger partial charge in [0.2, 0.25) is 5.91 Å². The van der Waals surface area contributed by atoms with Crippen molar-refractivity contribution in [2.75, 3.05) is 40.9 Å². The first-order chi connectivity index (χ1) is 37.5. The summed E-state index contributed by atoms with van der Waals surface area (Å²) < 4.78 is 23.7. The number of carbonyl (C=O) groups excluding carboxylic acids is 1. The summed E-state index contributed by atoms with van der Waals surface area (Å²) in [6, 6.07) is -0.883. The normalized spacial score (nSPS) is 14.8. The Hall–Kier alpha value is -3.62. The lowest BCUT2D eigenvalue weighted by Crippen LogP contribution is -2.45. The lowest BCUT2D eigenvalue weighted by Gasteiger charge is -2.25. The van der Waals surface area contributed by atoms with Crippen LogP contribution in [0.4, 0.5) is 0 Å². The molecular weight excluding hydrogens is 972 g/mol. The molecule has 77 heavy (non-hydrogen) atoms. The standard InChI is InChI=1S/C68H115N2O6P/c1-6-8-10-12-14-16-18-20-22-24-26-27-28-29-30-31-32-33-34-35-36-37-38-39-40-41-42-43-44-46-48-50-52-54-56-58-60-62-68(72)69-66(65-76-77(73,74)75-64-63-70(3,4)5)67(71)61-59-57-55-53-51-49-47-45-25-23-21-19-17-15-13-11-9-7-2/h8,10,14,16,20,22,26-27,29-30,32-33,35-36,38-39,41-42,44,46,51,53,59,61,66-67,71H,6-7,9,11-13,15,17-19,21,23-25,28,31,34,37,40,43,45,47-50,52,54-58,60,62-65H2,1-5H3,(H-,69,72,73,74)/p+1/b10-8-,16-14-,22-20-,27-26-,30-29-,33-32-,36-35-,39-38-,42-41-,46-44-,53-51+,61-59+. The van der Waals surface area contributed by atoms with Gasteiger partial charge in [-0.05, 0) is 109 Å². The average molecular weight is 1090 g/mol. The number of hydrogen-bond donors (Lipinski definition) is 3. The zero-order valence-electron chi connectivity index (χ0n) is 49.9. The van der Waals surface area contributed by atoms with Crippen molar-refractivity contribution in [2.24, 2.45) is 0 Å². The summed E-state index contributed by atoms with van der Waals surface area (Å²) >= 11 is 0. The molecule has 0 saturated carbocycles. The SMILES string of the molecule is CC/C=C\C/C=C\C/C=C\C/C=C\C/C=C\C/C=C\C/C=C\C/C=C\C/C=C\C/C=C\CCCCCCCCC(=O)NC(COP(=O)(O)OCC[N+](C)(C)C)C(O)/C=C/CC/C=C/CCCCCCCCCCCCCC. The minimum atomic E-state index is -4.37. The minimum Gasteiger partial charge on any atom is -0.387 e. The smallest absolute Gasteiger partial charge is 0.387 e. The van der Waals surface area contributed by atoms with Crippen LogP contribution in [0.1, 0.15) is 226 Å². The molecule has 0 aromatic rings. The first-order valence-corrected chi connectivity index (χ1v) is 32.2. The summed E-state index contributed by atoms with van der Waals surface area (Å²) in [4.78, 5) is 23.3. The molecule has 0 aromatic heterocycles. The number of nitrogens with zero attached hydrogens (tertiary/aromatic N) is 1. The van der Waals surface area contributed by atoms with Gasteiger partial charge in [0.25, 0.3) is 0 Å². The zero-order chi connectivity index (χ0) is 56.3. The molecule has 0 bridgehead atoms. The van der Waals surface area contributed by atoms with Crippen molar-refractivity contribution in [1.82, 2.24) is 5.32 Å². The number of amides is 1. The quantitative estimate of drug-likeness (QED) is 0.0243. The van der Waals surface area contributed by atoms with Gasteiger partial charge in [-0.3, -0.25) is 13.8 Å². The zero-order valence-corrected chi connectivity index (χ0v) is 50.8. The summed E-state index contributed by atoms with van der Waals surface area (Å²) in [5.74, 6) is -0.207. The Labute approximate surface area is 474 Å². The molecule has 0 aliphatic rings. The van der Waals surface area contributed by atoms with Gasteiger partial charge in [-0.15, -0.1) is 0 Å². The fourth-order valence-electron chi connectivity index (χ4n) is 8.03. The molecule has 0 heterocycles. The first kappa shape index (κ1) is 73.4. The van der Waals surface area contributed by atoms with Crippen molar-refractivity contribution in [3.05, 3.63) is 146 Å². The maximum absolute atomic E-state index is 13.0. The van der Waals surface area contributed by atoms with Crippen molar-refractivity contribution >= 4 is 13.7 Å². The molecule has 0 saturated heterocycles. The van der Waals surface area contributed by atoms with Crippen LogP contribution in [0.3, 0.4) is 0 Å².